The van der Waals surface area contributed by atoms with E-state index in [0.717, 1.165) is 11.9 Å². The van der Waals surface area contributed by atoms with Crippen LogP contribution >= 0.6 is 0 Å². The van der Waals surface area contributed by atoms with Crippen molar-refractivity contribution < 1.29 is 4.74 Å². The van der Waals surface area contributed by atoms with Crippen molar-refractivity contribution >= 4 is 0 Å². The Hall–Kier alpha value is -0.980. The Morgan fingerprint density at radius 3 is 2.45 bits per heavy atom. The number of hydrogen-bond acceptors (Lipinski definition) is 1. The summed E-state index contributed by atoms with van der Waals surface area (Å²) < 4.78 is 5.52. The zero-order valence-electron chi connectivity index (χ0n) is 7.06. The summed E-state index contributed by atoms with van der Waals surface area (Å²) in [7, 11) is 0. The van der Waals surface area contributed by atoms with E-state index < -0.39 is 0 Å². The molecular formula is C10H11O. The van der Waals surface area contributed by atoms with E-state index in [2.05, 4.69) is 19.9 Å². The molecule has 1 aliphatic carbocycles. The number of rotatable bonds is 0. The SMILES string of the molecule is C[C]1OC2=CC=C(C)C2=C1C. The van der Waals surface area contributed by atoms with Crippen molar-refractivity contribution in [1.29, 1.82) is 0 Å². The van der Waals surface area contributed by atoms with Gasteiger partial charge >= 0.3 is 0 Å². The summed E-state index contributed by atoms with van der Waals surface area (Å²) in [4.78, 5) is 0. The third-order valence-corrected chi connectivity index (χ3v) is 2.29. The highest BCUT2D eigenvalue weighted by Crippen LogP contribution is 2.41. The summed E-state index contributed by atoms with van der Waals surface area (Å²) in [6.45, 7) is 6.23. The van der Waals surface area contributed by atoms with E-state index in [1.165, 1.54) is 16.7 Å². The van der Waals surface area contributed by atoms with Gasteiger partial charge in [0.2, 0.25) is 0 Å². The summed E-state index contributed by atoms with van der Waals surface area (Å²) >= 11 is 0. The molecule has 0 saturated carbocycles. The molecule has 0 saturated heterocycles. The predicted octanol–water partition coefficient (Wildman–Crippen LogP) is 2.73. The molecule has 2 aliphatic rings. The highest BCUT2D eigenvalue weighted by molar-refractivity contribution is 5.59. The molecule has 1 heterocycles. The van der Waals surface area contributed by atoms with Crippen molar-refractivity contribution in [1.82, 2.24) is 0 Å². The highest BCUT2D eigenvalue weighted by Gasteiger charge is 2.28. The van der Waals surface area contributed by atoms with Gasteiger partial charge in [0.25, 0.3) is 0 Å². The fourth-order valence-electron chi connectivity index (χ4n) is 1.54. The monoisotopic (exact) mass is 147 g/mol. The smallest absolute Gasteiger partial charge is 0.171 e. The van der Waals surface area contributed by atoms with Gasteiger partial charge in [-0.2, -0.15) is 0 Å². The first-order valence-corrected chi connectivity index (χ1v) is 3.82. The second-order valence-electron chi connectivity index (χ2n) is 3.04. The molecule has 1 nitrogen and oxygen atoms in total. The van der Waals surface area contributed by atoms with Crippen LogP contribution in [-0.2, 0) is 4.74 Å². The average Bonchev–Trinajstić information content (AvgIpc) is 2.41. The van der Waals surface area contributed by atoms with E-state index in [1.807, 2.05) is 13.0 Å². The van der Waals surface area contributed by atoms with Crippen LogP contribution in [0.15, 0.2) is 34.6 Å². The summed E-state index contributed by atoms with van der Waals surface area (Å²) in [5.41, 5.74) is 3.89. The third kappa shape index (κ3) is 0.770. The summed E-state index contributed by atoms with van der Waals surface area (Å²) in [6, 6.07) is 0. The lowest BCUT2D eigenvalue weighted by Crippen LogP contribution is -1.88. The lowest BCUT2D eigenvalue weighted by molar-refractivity contribution is 0.278. The quantitative estimate of drug-likeness (QED) is 0.512. The third-order valence-electron chi connectivity index (χ3n) is 2.29. The van der Waals surface area contributed by atoms with E-state index in [1.54, 1.807) is 0 Å². The minimum Gasteiger partial charge on any atom is -0.478 e. The largest absolute Gasteiger partial charge is 0.478 e. The lowest BCUT2D eigenvalue weighted by Gasteiger charge is -2.02. The molecular weight excluding hydrogens is 136 g/mol. The molecule has 0 aromatic heterocycles. The van der Waals surface area contributed by atoms with Crippen LogP contribution in [-0.4, -0.2) is 0 Å². The van der Waals surface area contributed by atoms with E-state index in [-0.39, 0.29) is 0 Å². The maximum atomic E-state index is 5.52. The number of allylic oxidation sites excluding steroid dienone is 3. The Balaban J connectivity index is 2.51. The molecule has 0 fully saturated rings. The van der Waals surface area contributed by atoms with Crippen LogP contribution in [0, 0.1) is 6.10 Å². The van der Waals surface area contributed by atoms with Gasteiger partial charge in [-0.1, -0.05) is 6.08 Å². The number of ether oxygens (including phenoxy) is 1. The Morgan fingerprint density at radius 2 is 1.82 bits per heavy atom. The second-order valence-corrected chi connectivity index (χ2v) is 3.04. The standard InChI is InChI=1S/C10H11O/c1-6-4-5-9-10(6)7(2)8(3)11-9/h4-5H,1-3H3. The summed E-state index contributed by atoms with van der Waals surface area (Å²) in [6.07, 6.45) is 5.17. The van der Waals surface area contributed by atoms with Gasteiger partial charge < -0.3 is 4.74 Å². The molecule has 1 radical (unpaired) electrons. The minimum absolute atomic E-state index is 1.03. The van der Waals surface area contributed by atoms with E-state index in [4.69, 9.17) is 4.74 Å². The van der Waals surface area contributed by atoms with E-state index in [9.17, 15) is 0 Å². The molecule has 11 heavy (non-hydrogen) atoms. The van der Waals surface area contributed by atoms with Gasteiger partial charge in [0.1, 0.15) is 5.76 Å². The van der Waals surface area contributed by atoms with Crippen LogP contribution in [0.5, 0.6) is 0 Å². The molecule has 0 aromatic carbocycles. The maximum Gasteiger partial charge on any atom is 0.171 e. The zero-order valence-corrected chi connectivity index (χ0v) is 7.06. The molecule has 0 N–H and O–H groups in total. The number of fused-ring (bicyclic) bond motifs is 1. The fourth-order valence-corrected chi connectivity index (χ4v) is 1.54. The zero-order chi connectivity index (χ0) is 8.01. The van der Waals surface area contributed by atoms with Gasteiger partial charge in [0.15, 0.2) is 6.10 Å². The van der Waals surface area contributed by atoms with Crippen molar-refractivity contribution in [3.8, 4) is 0 Å². The van der Waals surface area contributed by atoms with Crippen molar-refractivity contribution in [3.63, 3.8) is 0 Å². The topological polar surface area (TPSA) is 9.23 Å². The first kappa shape index (κ1) is 6.71. The van der Waals surface area contributed by atoms with Crippen LogP contribution in [0.1, 0.15) is 20.8 Å². The lowest BCUT2D eigenvalue weighted by atomic mass is 10.0. The minimum atomic E-state index is 1.03. The van der Waals surface area contributed by atoms with Crippen molar-refractivity contribution in [2.45, 2.75) is 20.8 Å². The molecule has 2 rings (SSSR count). The molecule has 0 spiro atoms. The predicted molar refractivity (Wildman–Crippen MR) is 44.5 cm³/mol. The summed E-state index contributed by atoms with van der Waals surface area (Å²) in [5, 5.41) is 0. The van der Waals surface area contributed by atoms with Gasteiger partial charge in [-0.3, -0.25) is 0 Å². The van der Waals surface area contributed by atoms with Crippen LogP contribution < -0.4 is 0 Å². The van der Waals surface area contributed by atoms with Crippen LogP contribution in [0.4, 0.5) is 0 Å². The van der Waals surface area contributed by atoms with Gasteiger partial charge in [0.05, 0.1) is 0 Å². The maximum absolute atomic E-state index is 5.52. The molecule has 0 aromatic rings. The molecule has 0 bridgehead atoms. The molecule has 1 aliphatic heterocycles. The van der Waals surface area contributed by atoms with Crippen LogP contribution in [0.3, 0.4) is 0 Å². The van der Waals surface area contributed by atoms with Crippen molar-refractivity contribution in [2.24, 2.45) is 0 Å². The molecule has 0 unspecified atom stereocenters. The van der Waals surface area contributed by atoms with Crippen molar-refractivity contribution in [2.75, 3.05) is 0 Å². The average molecular weight is 147 g/mol. The number of hydrogen-bond donors (Lipinski definition) is 0. The highest BCUT2D eigenvalue weighted by atomic mass is 16.5. The fraction of sp³-hybridized carbons (Fsp3) is 0.300. The second kappa shape index (κ2) is 2.00. The van der Waals surface area contributed by atoms with Gasteiger partial charge in [-0.25, -0.2) is 0 Å². The normalized spacial score (nSPS) is 23.2. The van der Waals surface area contributed by atoms with Crippen LogP contribution in [0.25, 0.3) is 0 Å². The Kier molecular flexibility index (Phi) is 1.22. The first-order chi connectivity index (χ1) is 5.20. The van der Waals surface area contributed by atoms with Gasteiger partial charge in [0, 0.05) is 5.57 Å². The molecule has 1 heteroatoms. The Bertz CT molecular complexity index is 292. The Labute approximate surface area is 67.1 Å². The van der Waals surface area contributed by atoms with Crippen LogP contribution in [0.2, 0.25) is 0 Å². The van der Waals surface area contributed by atoms with Gasteiger partial charge in [-0.05, 0) is 38.0 Å². The Morgan fingerprint density at radius 1 is 1.09 bits per heavy atom. The molecule has 57 valence electrons. The first-order valence-electron chi connectivity index (χ1n) is 3.82. The van der Waals surface area contributed by atoms with Crippen molar-refractivity contribution in [3.05, 3.63) is 40.7 Å². The summed E-state index contributed by atoms with van der Waals surface area (Å²) in [5.74, 6) is 1.03. The van der Waals surface area contributed by atoms with E-state index in [0.29, 0.717) is 0 Å². The van der Waals surface area contributed by atoms with Gasteiger partial charge in [-0.15, -0.1) is 0 Å². The molecule has 0 amide bonds. The van der Waals surface area contributed by atoms with E-state index >= 15 is 0 Å². The molecule has 0 atom stereocenters.